The molecule has 4 atom stereocenters. The number of carbonyl (C=O) groups excluding carboxylic acids is 2. The third-order valence-electron chi connectivity index (χ3n) is 4.62. The van der Waals surface area contributed by atoms with E-state index >= 15 is 0 Å². The third kappa shape index (κ3) is 2.13. The molecule has 2 heterocycles. The molecule has 0 aliphatic carbocycles. The first-order valence-corrected chi connectivity index (χ1v) is 7.25. The number of carbonyl (C=O) groups is 2. The van der Waals surface area contributed by atoms with Gasteiger partial charge in [-0.3, -0.25) is 0 Å². The maximum absolute atomic E-state index is 12.3. The Morgan fingerprint density at radius 1 is 1.09 bits per heavy atom. The van der Waals surface area contributed by atoms with Crippen LogP contribution in [0.3, 0.4) is 0 Å². The minimum atomic E-state index is -0.375. The maximum atomic E-state index is 12.3. The fraction of sp³-hybridized carbons (Fsp3) is 0.467. The Balaban J connectivity index is 2.05. The van der Waals surface area contributed by atoms with Crippen molar-refractivity contribution < 1.29 is 14.7 Å². The lowest BCUT2D eigenvalue weighted by atomic mass is 9.81. The largest absolute Gasteiger partial charge is 0.508 e. The Hall–Kier alpha value is -2.44. The first kappa shape index (κ1) is 14.5. The first-order chi connectivity index (χ1) is 10.4. The summed E-state index contributed by atoms with van der Waals surface area (Å²) in [6.45, 7) is 1.93. The molecule has 2 aliphatic heterocycles. The molecule has 0 unspecified atom stereocenters. The van der Waals surface area contributed by atoms with Crippen molar-refractivity contribution in [2.24, 2.45) is 5.92 Å². The van der Waals surface area contributed by atoms with E-state index in [2.05, 4.69) is 10.6 Å². The number of amides is 4. The van der Waals surface area contributed by atoms with Gasteiger partial charge in [0.25, 0.3) is 0 Å². The number of aromatic hydroxyl groups is 1. The van der Waals surface area contributed by atoms with Crippen LogP contribution >= 0.6 is 0 Å². The summed E-state index contributed by atoms with van der Waals surface area (Å²) in [5.41, 5.74) is 0.851. The van der Waals surface area contributed by atoms with Gasteiger partial charge < -0.3 is 25.5 Å². The number of rotatable bonds is 1. The van der Waals surface area contributed by atoms with Crippen molar-refractivity contribution in [3.05, 3.63) is 29.8 Å². The van der Waals surface area contributed by atoms with E-state index in [9.17, 15) is 14.7 Å². The second-order valence-electron chi connectivity index (χ2n) is 5.97. The van der Waals surface area contributed by atoms with Crippen LogP contribution in [0.2, 0.25) is 0 Å². The number of benzene rings is 1. The van der Waals surface area contributed by atoms with Crippen molar-refractivity contribution >= 4 is 12.1 Å². The number of hydrogen-bond donors (Lipinski definition) is 3. The lowest BCUT2D eigenvalue weighted by Crippen LogP contribution is -2.71. The van der Waals surface area contributed by atoms with Crippen LogP contribution in [0.5, 0.6) is 5.75 Å². The molecule has 0 aromatic heterocycles. The fourth-order valence-electron chi connectivity index (χ4n) is 3.46. The summed E-state index contributed by atoms with van der Waals surface area (Å²) in [5.74, 6) is 0.126. The molecule has 4 amide bonds. The van der Waals surface area contributed by atoms with Crippen molar-refractivity contribution in [2.75, 3.05) is 14.1 Å². The molecule has 7 nitrogen and oxygen atoms in total. The number of fused-ring (bicyclic) bond motifs is 1. The molecule has 1 aromatic carbocycles. The summed E-state index contributed by atoms with van der Waals surface area (Å²) >= 11 is 0. The summed E-state index contributed by atoms with van der Waals surface area (Å²) in [6.07, 6.45) is -0.375. The van der Waals surface area contributed by atoms with E-state index in [0.29, 0.717) is 0 Å². The molecule has 3 rings (SSSR count). The van der Waals surface area contributed by atoms with Crippen molar-refractivity contribution in [1.82, 2.24) is 20.4 Å². The number of phenolic OH excluding ortho intramolecular Hbond substituents is 1. The molecule has 2 aliphatic rings. The third-order valence-corrected chi connectivity index (χ3v) is 4.62. The lowest BCUT2D eigenvalue weighted by Gasteiger charge is -2.52. The fourth-order valence-corrected chi connectivity index (χ4v) is 3.46. The van der Waals surface area contributed by atoms with Gasteiger partial charge in [-0.25, -0.2) is 9.59 Å². The minimum Gasteiger partial charge on any atom is -0.508 e. The standard InChI is InChI=1S/C15H20N4O3/c1-8-11-12(9-5-4-6-10(20)7-9)18(2)15(22)17-13(11)19(3)14(21)16-8/h4-8,11-13,20H,1-3H3,(H,16,21)(H,17,22)/t8-,11+,12-,13+/m0/s1. The van der Waals surface area contributed by atoms with Crippen molar-refractivity contribution in [1.29, 1.82) is 0 Å². The number of nitrogens with zero attached hydrogens (tertiary/aromatic N) is 2. The van der Waals surface area contributed by atoms with Crippen molar-refractivity contribution in [3.63, 3.8) is 0 Å². The highest BCUT2D eigenvalue weighted by Crippen LogP contribution is 2.38. The molecule has 7 heteroatoms. The first-order valence-electron chi connectivity index (χ1n) is 7.25. The van der Waals surface area contributed by atoms with Crippen LogP contribution < -0.4 is 10.6 Å². The molecule has 1 aromatic rings. The number of nitrogens with one attached hydrogen (secondary N) is 2. The zero-order valence-electron chi connectivity index (χ0n) is 12.8. The normalized spacial score (nSPS) is 31.4. The van der Waals surface area contributed by atoms with Gasteiger partial charge in [-0.2, -0.15) is 0 Å². The molecule has 0 radical (unpaired) electrons. The predicted octanol–water partition coefficient (Wildman–Crippen LogP) is 1.07. The van der Waals surface area contributed by atoms with Gasteiger partial charge in [0.05, 0.1) is 6.04 Å². The van der Waals surface area contributed by atoms with E-state index in [1.54, 1.807) is 37.2 Å². The average molecular weight is 304 g/mol. The monoisotopic (exact) mass is 304 g/mol. The van der Waals surface area contributed by atoms with Crippen LogP contribution in [-0.4, -0.2) is 53.3 Å². The van der Waals surface area contributed by atoms with Gasteiger partial charge in [-0.05, 0) is 24.6 Å². The van der Waals surface area contributed by atoms with Crippen LogP contribution in [-0.2, 0) is 0 Å². The highest BCUT2D eigenvalue weighted by molar-refractivity contribution is 5.80. The van der Waals surface area contributed by atoms with E-state index in [-0.39, 0.29) is 42.0 Å². The average Bonchev–Trinajstić information content (AvgIpc) is 2.47. The Bertz CT molecular complexity index is 621. The summed E-state index contributed by atoms with van der Waals surface area (Å²) in [5, 5.41) is 15.6. The number of phenols is 1. The topological polar surface area (TPSA) is 84.9 Å². The summed E-state index contributed by atoms with van der Waals surface area (Å²) in [6, 6.07) is 6.14. The van der Waals surface area contributed by atoms with Crippen LogP contribution in [0.4, 0.5) is 9.59 Å². The molecule has 2 fully saturated rings. The molecule has 0 spiro atoms. The summed E-state index contributed by atoms with van der Waals surface area (Å²) in [7, 11) is 3.40. The van der Waals surface area contributed by atoms with Crippen LogP contribution in [0.25, 0.3) is 0 Å². The second-order valence-corrected chi connectivity index (χ2v) is 5.97. The van der Waals surface area contributed by atoms with E-state index in [1.807, 2.05) is 13.0 Å². The van der Waals surface area contributed by atoms with Crippen LogP contribution in [0, 0.1) is 5.92 Å². The molecule has 3 N–H and O–H groups in total. The predicted molar refractivity (Wildman–Crippen MR) is 80.2 cm³/mol. The Kier molecular flexibility index (Phi) is 3.35. The second kappa shape index (κ2) is 5.08. The van der Waals surface area contributed by atoms with Gasteiger partial charge in [-0.1, -0.05) is 12.1 Å². The van der Waals surface area contributed by atoms with Gasteiger partial charge >= 0.3 is 12.1 Å². The van der Waals surface area contributed by atoms with Crippen LogP contribution in [0.15, 0.2) is 24.3 Å². The Labute approximate surface area is 128 Å². The molecular formula is C15H20N4O3. The molecule has 0 bridgehead atoms. The smallest absolute Gasteiger partial charge is 0.319 e. The van der Waals surface area contributed by atoms with E-state index in [0.717, 1.165) is 5.56 Å². The molecule has 2 saturated heterocycles. The molecule has 22 heavy (non-hydrogen) atoms. The van der Waals surface area contributed by atoms with Gasteiger partial charge in [-0.15, -0.1) is 0 Å². The highest BCUT2D eigenvalue weighted by atomic mass is 16.3. The highest BCUT2D eigenvalue weighted by Gasteiger charge is 2.49. The van der Waals surface area contributed by atoms with Gasteiger partial charge in [0, 0.05) is 26.1 Å². The van der Waals surface area contributed by atoms with Crippen molar-refractivity contribution in [3.8, 4) is 5.75 Å². The summed E-state index contributed by atoms with van der Waals surface area (Å²) < 4.78 is 0. The SMILES string of the molecule is C[C@@H]1NC(=O)N(C)[C@H]2NC(=O)N(C)[C@@H](c3cccc(O)c3)[C@@H]12. The van der Waals surface area contributed by atoms with E-state index in [1.165, 1.54) is 4.90 Å². The number of urea groups is 2. The molecule has 0 saturated carbocycles. The molecule has 118 valence electrons. The zero-order chi connectivity index (χ0) is 16.0. The Morgan fingerprint density at radius 2 is 1.77 bits per heavy atom. The van der Waals surface area contributed by atoms with Gasteiger partial charge in [0.15, 0.2) is 0 Å². The van der Waals surface area contributed by atoms with Gasteiger partial charge in [0.2, 0.25) is 0 Å². The summed E-state index contributed by atoms with van der Waals surface area (Å²) in [4.78, 5) is 27.4. The van der Waals surface area contributed by atoms with E-state index < -0.39 is 0 Å². The zero-order valence-corrected chi connectivity index (χ0v) is 12.8. The Morgan fingerprint density at radius 3 is 2.45 bits per heavy atom. The van der Waals surface area contributed by atoms with Crippen molar-refractivity contribution in [2.45, 2.75) is 25.2 Å². The van der Waals surface area contributed by atoms with Crippen LogP contribution in [0.1, 0.15) is 18.5 Å². The number of hydrogen-bond acceptors (Lipinski definition) is 3. The minimum absolute atomic E-state index is 0.0350. The quantitative estimate of drug-likeness (QED) is 0.725. The molecular weight excluding hydrogens is 284 g/mol. The lowest BCUT2D eigenvalue weighted by molar-refractivity contribution is 0.0247. The van der Waals surface area contributed by atoms with Gasteiger partial charge in [0.1, 0.15) is 11.9 Å². The maximum Gasteiger partial charge on any atom is 0.319 e. The van der Waals surface area contributed by atoms with E-state index in [4.69, 9.17) is 0 Å².